The molecule has 1 aliphatic carbocycles. The van der Waals surface area contributed by atoms with Crippen LogP contribution in [-0.4, -0.2) is 33.1 Å². The number of para-hydroxylation sites is 1. The lowest BCUT2D eigenvalue weighted by Crippen LogP contribution is -2.36. The van der Waals surface area contributed by atoms with Gasteiger partial charge in [0.25, 0.3) is 0 Å². The van der Waals surface area contributed by atoms with Crippen LogP contribution in [0.1, 0.15) is 42.7 Å². The number of esters is 1. The molecule has 0 unspecified atom stereocenters. The Morgan fingerprint density at radius 3 is 2.39 bits per heavy atom. The molecule has 2 aliphatic rings. The quantitative estimate of drug-likeness (QED) is 0.631. The summed E-state index contributed by atoms with van der Waals surface area (Å²) in [6, 6.07) is 13.1. The summed E-state index contributed by atoms with van der Waals surface area (Å²) in [5.41, 5.74) is 4.16. The van der Waals surface area contributed by atoms with Gasteiger partial charge in [0.2, 0.25) is 0 Å². The molecule has 0 bridgehead atoms. The monoisotopic (exact) mass is 467 g/mol. The molecule has 172 valence electrons. The highest BCUT2D eigenvalue weighted by atomic mass is 35.5. The van der Waals surface area contributed by atoms with Gasteiger partial charge in [-0.05, 0) is 43.0 Å². The average molecular weight is 468 g/mol. The largest absolute Gasteiger partial charge is 0.493 e. The van der Waals surface area contributed by atoms with Crippen LogP contribution in [0.2, 0.25) is 5.02 Å². The van der Waals surface area contributed by atoms with Gasteiger partial charge in [-0.2, -0.15) is 0 Å². The van der Waals surface area contributed by atoms with Crippen molar-refractivity contribution in [3.05, 3.63) is 81.2 Å². The predicted molar refractivity (Wildman–Crippen MR) is 126 cm³/mol. The fourth-order valence-electron chi connectivity index (χ4n) is 4.84. The molecule has 33 heavy (non-hydrogen) atoms. The number of hydrogen-bond acceptors (Lipinski definition) is 6. The molecule has 7 heteroatoms. The van der Waals surface area contributed by atoms with E-state index in [1.54, 1.807) is 20.3 Å². The molecule has 0 fully saturated rings. The molecular weight excluding hydrogens is 442 g/mol. The third-order valence-corrected chi connectivity index (χ3v) is 6.57. The summed E-state index contributed by atoms with van der Waals surface area (Å²) in [4.78, 5) is 26.5. The number of hydrogen-bond donors (Lipinski definition) is 1. The van der Waals surface area contributed by atoms with E-state index < -0.39 is 11.9 Å². The molecule has 2 aromatic rings. The van der Waals surface area contributed by atoms with Crippen LogP contribution in [0.15, 0.2) is 65.0 Å². The number of dihydropyridines is 1. The maximum absolute atomic E-state index is 13.6. The number of carbonyl (C=O) groups is 2. The molecule has 0 saturated heterocycles. The zero-order valence-electron chi connectivity index (χ0n) is 19.0. The van der Waals surface area contributed by atoms with Crippen molar-refractivity contribution in [2.45, 2.75) is 31.6 Å². The van der Waals surface area contributed by atoms with Crippen LogP contribution < -0.4 is 14.8 Å². The Labute approximate surface area is 198 Å². The number of methoxy groups -OCH3 is 3. The normalized spacial score (nSPS) is 20.2. The van der Waals surface area contributed by atoms with E-state index in [4.69, 9.17) is 25.8 Å². The van der Waals surface area contributed by atoms with E-state index in [1.807, 2.05) is 43.3 Å². The topological polar surface area (TPSA) is 73.9 Å². The number of ether oxygens (including phenoxy) is 3. The first-order valence-corrected chi connectivity index (χ1v) is 11.1. The number of nitrogens with one attached hydrogen (secondary N) is 1. The Hall–Kier alpha value is -3.25. The molecule has 6 nitrogen and oxygen atoms in total. The standard InChI is InChI=1S/C26H26ClNO5/c1-14-22(26(30)33-4)23(18-6-5-7-21(31-2)25(18)32-3)24-19(28-14)12-16(13-20(24)29)15-8-10-17(27)11-9-15/h5-11,16,23,28H,12-13H2,1-4H3/t16-,23+/m0/s1. The van der Waals surface area contributed by atoms with Crippen LogP contribution in [0.5, 0.6) is 11.5 Å². The first-order valence-electron chi connectivity index (χ1n) is 10.7. The molecule has 1 heterocycles. The van der Waals surface area contributed by atoms with Gasteiger partial charge in [-0.1, -0.05) is 35.9 Å². The van der Waals surface area contributed by atoms with E-state index in [0.717, 1.165) is 11.3 Å². The van der Waals surface area contributed by atoms with Gasteiger partial charge in [-0.25, -0.2) is 4.79 Å². The third kappa shape index (κ3) is 4.11. The second-order valence-electron chi connectivity index (χ2n) is 8.14. The lowest BCUT2D eigenvalue weighted by atomic mass is 9.71. The number of carbonyl (C=O) groups excluding carboxylic acids is 2. The second kappa shape index (κ2) is 9.32. The van der Waals surface area contributed by atoms with E-state index in [1.165, 1.54) is 7.11 Å². The van der Waals surface area contributed by atoms with Gasteiger partial charge in [0, 0.05) is 34.0 Å². The molecular formula is C26H26ClNO5. The summed E-state index contributed by atoms with van der Waals surface area (Å²) in [5, 5.41) is 3.99. The van der Waals surface area contributed by atoms with Crippen LogP contribution in [0, 0.1) is 0 Å². The minimum Gasteiger partial charge on any atom is -0.493 e. The average Bonchev–Trinajstić information content (AvgIpc) is 2.82. The van der Waals surface area contributed by atoms with Gasteiger partial charge in [0.1, 0.15) is 0 Å². The summed E-state index contributed by atoms with van der Waals surface area (Å²) >= 11 is 6.05. The number of halogens is 1. The van der Waals surface area contributed by atoms with Crippen molar-refractivity contribution >= 4 is 23.4 Å². The number of allylic oxidation sites excluding steroid dienone is 3. The maximum Gasteiger partial charge on any atom is 0.336 e. The van der Waals surface area contributed by atoms with Crippen LogP contribution in [0.3, 0.4) is 0 Å². The Bertz CT molecular complexity index is 1170. The Balaban J connectivity index is 1.87. The number of ketones is 1. The van der Waals surface area contributed by atoms with Crippen LogP contribution in [-0.2, 0) is 14.3 Å². The first kappa shape index (κ1) is 22.9. The summed E-state index contributed by atoms with van der Waals surface area (Å²) in [5.74, 6) is -0.110. The summed E-state index contributed by atoms with van der Waals surface area (Å²) in [6.45, 7) is 1.83. The van der Waals surface area contributed by atoms with Gasteiger partial charge in [0.05, 0.1) is 32.8 Å². The second-order valence-corrected chi connectivity index (χ2v) is 8.58. The van der Waals surface area contributed by atoms with Crippen molar-refractivity contribution in [3.8, 4) is 11.5 Å². The zero-order chi connectivity index (χ0) is 23.7. The molecule has 0 amide bonds. The summed E-state index contributed by atoms with van der Waals surface area (Å²) < 4.78 is 16.3. The molecule has 1 N–H and O–H groups in total. The van der Waals surface area contributed by atoms with E-state index in [9.17, 15) is 9.59 Å². The van der Waals surface area contributed by atoms with Crippen molar-refractivity contribution in [1.82, 2.24) is 5.32 Å². The van der Waals surface area contributed by atoms with Crippen molar-refractivity contribution in [2.75, 3.05) is 21.3 Å². The van der Waals surface area contributed by atoms with Crippen LogP contribution >= 0.6 is 11.6 Å². The highest BCUT2D eigenvalue weighted by Gasteiger charge is 2.42. The smallest absolute Gasteiger partial charge is 0.336 e. The van der Waals surface area contributed by atoms with Gasteiger partial charge >= 0.3 is 5.97 Å². The van der Waals surface area contributed by atoms with Gasteiger partial charge in [-0.3, -0.25) is 4.79 Å². The van der Waals surface area contributed by atoms with Crippen molar-refractivity contribution in [2.24, 2.45) is 0 Å². The van der Waals surface area contributed by atoms with E-state index in [0.29, 0.717) is 51.8 Å². The van der Waals surface area contributed by atoms with Crippen LogP contribution in [0.25, 0.3) is 0 Å². The Morgan fingerprint density at radius 2 is 1.76 bits per heavy atom. The molecule has 1 aliphatic heterocycles. The molecule has 0 saturated carbocycles. The van der Waals surface area contributed by atoms with Gasteiger partial charge in [0.15, 0.2) is 17.3 Å². The van der Waals surface area contributed by atoms with E-state index in [-0.39, 0.29) is 11.7 Å². The minimum absolute atomic E-state index is 0.0151. The lowest BCUT2D eigenvalue weighted by molar-refractivity contribution is -0.136. The van der Waals surface area contributed by atoms with Crippen molar-refractivity contribution < 1.29 is 23.8 Å². The molecule has 2 atom stereocenters. The van der Waals surface area contributed by atoms with Crippen molar-refractivity contribution in [1.29, 1.82) is 0 Å². The summed E-state index contributed by atoms with van der Waals surface area (Å²) in [7, 11) is 4.44. The molecule has 0 aromatic heterocycles. The highest BCUT2D eigenvalue weighted by Crippen LogP contribution is 2.49. The third-order valence-electron chi connectivity index (χ3n) is 6.32. The SMILES string of the molecule is COC(=O)C1=C(C)NC2=C(C(=O)C[C@@H](c3ccc(Cl)cc3)C2)[C@@H]1c1cccc(OC)c1OC. The predicted octanol–water partition coefficient (Wildman–Crippen LogP) is 4.89. The van der Waals surface area contributed by atoms with Crippen LogP contribution in [0.4, 0.5) is 0 Å². The molecule has 0 radical (unpaired) electrons. The molecule has 2 aromatic carbocycles. The number of rotatable bonds is 5. The van der Waals surface area contributed by atoms with E-state index >= 15 is 0 Å². The molecule has 0 spiro atoms. The maximum atomic E-state index is 13.6. The van der Waals surface area contributed by atoms with Crippen molar-refractivity contribution in [3.63, 3.8) is 0 Å². The van der Waals surface area contributed by atoms with Gasteiger partial charge < -0.3 is 19.5 Å². The fourth-order valence-corrected chi connectivity index (χ4v) is 4.97. The zero-order valence-corrected chi connectivity index (χ0v) is 19.8. The van der Waals surface area contributed by atoms with E-state index in [2.05, 4.69) is 5.32 Å². The Kier molecular flexibility index (Phi) is 6.47. The highest BCUT2D eigenvalue weighted by molar-refractivity contribution is 6.30. The molecule has 4 rings (SSSR count). The number of Topliss-reactive ketones (excluding diaryl/α,β-unsaturated/α-hetero) is 1. The minimum atomic E-state index is -0.627. The van der Waals surface area contributed by atoms with Gasteiger partial charge in [-0.15, -0.1) is 0 Å². The summed E-state index contributed by atoms with van der Waals surface area (Å²) in [6.07, 6.45) is 0.968. The Morgan fingerprint density at radius 1 is 1.03 bits per heavy atom. The first-order chi connectivity index (χ1) is 15.9. The number of benzene rings is 2. The fraction of sp³-hybridized carbons (Fsp3) is 0.308. The lowest BCUT2D eigenvalue weighted by Gasteiger charge is -2.37.